The Kier molecular flexibility index (Phi) is 10.3. The van der Waals surface area contributed by atoms with Crippen molar-refractivity contribution in [3.05, 3.63) is 0 Å². The Morgan fingerprint density at radius 3 is 2.53 bits per heavy atom. The molecule has 0 saturated carbocycles. The predicted octanol–water partition coefficient (Wildman–Crippen LogP) is 2.87. The van der Waals surface area contributed by atoms with Gasteiger partial charge in [-0.3, -0.25) is 9.59 Å². The molecule has 17 heavy (non-hydrogen) atoms. The van der Waals surface area contributed by atoms with Crippen molar-refractivity contribution in [2.24, 2.45) is 0 Å². The number of rotatable bonds is 8. The molecule has 0 N–H and O–H groups in total. The van der Waals surface area contributed by atoms with Crippen LogP contribution in [0.15, 0.2) is 0 Å². The van der Waals surface area contributed by atoms with Gasteiger partial charge in [0.2, 0.25) is 5.78 Å². The Labute approximate surface area is 104 Å². The maximum Gasteiger partial charge on any atom is 0.302 e. The van der Waals surface area contributed by atoms with E-state index < -0.39 is 0 Å². The third kappa shape index (κ3) is 12.6. The summed E-state index contributed by atoms with van der Waals surface area (Å²) in [6.45, 7) is 3.95. The quantitative estimate of drug-likeness (QED) is 0.283. The Morgan fingerprint density at radius 1 is 1.12 bits per heavy atom. The first-order valence-corrected chi connectivity index (χ1v) is 6.32. The highest BCUT2D eigenvalue weighted by atomic mass is 16.5. The number of ketones is 1. The smallest absolute Gasteiger partial charge is 0.302 e. The van der Waals surface area contributed by atoms with E-state index in [-0.39, 0.29) is 11.8 Å². The standard InChI is InChI=1S/C14H22O3/c1-3-4-5-7-10-14(16)11-8-6-9-12-17-13(2)15/h3-6,8-9,11-12H2,1-2H3. The second-order valence-electron chi connectivity index (χ2n) is 3.98. The van der Waals surface area contributed by atoms with Crippen LogP contribution in [0.1, 0.15) is 58.8 Å². The van der Waals surface area contributed by atoms with Crippen molar-refractivity contribution in [2.75, 3.05) is 6.61 Å². The van der Waals surface area contributed by atoms with Crippen LogP contribution < -0.4 is 0 Å². The van der Waals surface area contributed by atoms with Crippen molar-refractivity contribution >= 4 is 11.8 Å². The monoisotopic (exact) mass is 238 g/mol. The molecule has 3 heteroatoms. The molecule has 0 aliphatic rings. The summed E-state index contributed by atoms with van der Waals surface area (Å²) >= 11 is 0. The molecule has 0 atom stereocenters. The van der Waals surface area contributed by atoms with Crippen LogP contribution in [0.4, 0.5) is 0 Å². The van der Waals surface area contributed by atoms with Gasteiger partial charge in [-0.15, -0.1) is 0 Å². The molecule has 0 rings (SSSR count). The summed E-state index contributed by atoms with van der Waals surface area (Å²) < 4.78 is 4.79. The summed E-state index contributed by atoms with van der Waals surface area (Å²) in [5, 5.41) is 0. The Morgan fingerprint density at radius 2 is 1.88 bits per heavy atom. The van der Waals surface area contributed by atoms with Gasteiger partial charge in [0, 0.05) is 19.8 Å². The van der Waals surface area contributed by atoms with E-state index in [2.05, 4.69) is 18.8 Å². The molecular formula is C14H22O3. The zero-order valence-corrected chi connectivity index (χ0v) is 10.9. The normalized spacial score (nSPS) is 9.29. The third-order valence-corrected chi connectivity index (χ3v) is 2.24. The minimum absolute atomic E-state index is 0.0218. The fraction of sp³-hybridized carbons (Fsp3) is 0.714. The van der Waals surface area contributed by atoms with Crippen LogP contribution in [0.25, 0.3) is 0 Å². The third-order valence-electron chi connectivity index (χ3n) is 2.24. The molecule has 0 spiro atoms. The molecule has 0 aliphatic carbocycles. The van der Waals surface area contributed by atoms with Gasteiger partial charge in [0.05, 0.1) is 6.61 Å². The number of esters is 1. The van der Waals surface area contributed by atoms with E-state index in [1.807, 2.05) is 0 Å². The fourth-order valence-electron chi connectivity index (χ4n) is 1.27. The Balaban J connectivity index is 3.38. The van der Waals surface area contributed by atoms with Crippen molar-refractivity contribution in [1.82, 2.24) is 0 Å². The molecule has 0 bridgehead atoms. The van der Waals surface area contributed by atoms with Crippen LogP contribution in [0.5, 0.6) is 0 Å². The van der Waals surface area contributed by atoms with Crippen LogP contribution >= 0.6 is 0 Å². The van der Waals surface area contributed by atoms with Gasteiger partial charge < -0.3 is 4.74 Å². The molecule has 0 aromatic heterocycles. The van der Waals surface area contributed by atoms with Crippen molar-refractivity contribution in [2.45, 2.75) is 58.8 Å². The van der Waals surface area contributed by atoms with Crippen molar-refractivity contribution in [1.29, 1.82) is 0 Å². The molecular weight excluding hydrogens is 216 g/mol. The summed E-state index contributed by atoms with van der Waals surface area (Å²) in [5.41, 5.74) is 0. The second kappa shape index (κ2) is 11.2. The van der Waals surface area contributed by atoms with E-state index in [1.165, 1.54) is 6.92 Å². The van der Waals surface area contributed by atoms with E-state index in [1.54, 1.807) is 0 Å². The lowest BCUT2D eigenvalue weighted by Gasteiger charge is -2.00. The highest BCUT2D eigenvalue weighted by molar-refractivity contribution is 5.95. The summed E-state index contributed by atoms with van der Waals surface area (Å²) in [7, 11) is 0. The molecule has 0 aliphatic heterocycles. The van der Waals surface area contributed by atoms with E-state index in [0.29, 0.717) is 13.0 Å². The SMILES string of the molecule is CCCCC#CC(=O)CCCCCOC(C)=O. The van der Waals surface area contributed by atoms with Crippen molar-refractivity contribution in [3.8, 4) is 11.8 Å². The highest BCUT2D eigenvalue weighted by Crippen LogP contribution is 2.01. The number of carbonyl (C=O) groups excluding carboxylic acids is 2. The lowest BCUT2D eigenvalue weighted by molar-refractivity contribution is -0.141. The topological polar surface area (TPSA) is 43.4 Å². The zero-order valence-electron chi connectivity index (χ0n) is 10.9. The summed E-state index contributed by atoms with van der Waals surface area (Å²) in [4.78, 5) is 21.7. The molecule has 0 radical (unpaired) electrons. The molecule has 0 aromatic carbocycles. The van der Waals surface area contributed by atoms with Gasteiger partial charge in [-0.1, -0.05) is 19.3 Å². The first-order valence-electron chi connectivity index (χ1n) is 6.32. The van der Waals surface area contributed by atoms with E-state index in [9.17, 15) is 9.59 Å². The van der Waals surface area contributed by atoms with Gasteiger partial charge in [0.1, 0.15) is 0 Å². The lowest BCUT2D eigenvalue weighted by atomic mass is 10.1. The molecule has 3 nitrogen and oxygen atoms in total. The fourth-order valence-corrected chi connectivity index (χ4v) is 1.27. The Bertz CT molecular complexity index is 284. The second-order valence-corrected chi connectivity index (χ2v) is 3.98. The number of hydrogen-bond acceptors (Lipinski definition) is 3. The highest BCUT2D eigenvalue weighted by Gasteiger charge is 1.97. The zero-order chi connectivity index (χ0) is 12.9. The van der Waals surface area contributed by atoms with Crippen molar-refractivity contribution in [3.63, 3.8) is 0 Å². The number of unbranched alkanes of at least 4 members (excludes halogenated alkanes) is 4. The molecule has 0 amide bonds. The van der Waals surface area contributed by atoms with Crippen molar-refractivity contribution < 1.29 is 14.3 Å². The maximum atomic E-state index is 11.3. The predicted molar refractivity (Wildman–Crippen MR) is 67.4 cm³/mol. The molecule has 0 aromatic rings. The number of Topliss-reactive ketones (excluding diaryl/α,β-unsaturated/α-hetero) is 1. The van der Waals surface area contributed by atoms with E-state index >= 15 is 0 Å². The van der Waals surface area contributed by atoms with E-state index in [4.69, 9.17) is 4.74 Å². The minimum Gasteiger partial charge on any atom is -0.466 e. The summed E-state index contributed by atoms with van der Waals surface area (Å²) in [5.74, 6) is 5.31. The number of carbonyl (C=O) groups is 2. The maximum absolute atomic E-state index is 11.3. The van der Waals surface area contributed by atoms with Crippen LogP contribution in [0, 0.1) is 11.8 Å². The van der Waals surface area contributed by atoms with Crippen LogP contribution in [-0.2, 0) is 14.3 Å². The van der Waals surface area contributed by atoms with Crippen LogP contribution in [-0.4, -0.2) is 18.4 Å². The Hall–Kier alpha value is -1.30. The average molecular weight is 238 g/mol. The molecule has 96 valence electrons. The number of ether oxygens (including phenoxy) is 1. The van der Waals surface area contributed by atoms with Gasteiger partial charge in [0.25, 0.3) is 0 Å². The molecule has 0 saturated heterocycles. The molecule has 0 heterocycles. The summed E-state index contributed by atoms with van der Waals surface area (Å²) in [6.07, 6.45) is 6.03. The first-order chi connectivity index (χ1) is 8.16. The van der Waals surface area contributed by atoms with Crippen LogP contribution in [0.2, 0.25) is 0 Å². The lowest BCUT2D eigenvalue weighted by Crippen LogP contribution is -2.00. The van der Waals surface area contributed by atoms with Gasteiger partial charge >= 0.3 is 5.97 Å². The largest absolute Gasteiger partial charge is 0.466 e. The average Bonchev–Trinajstić information content (AvgIpc) is 2.29. The first kappa shape index (κ1) is 15.7. The van der Waals surface area contributed by atoms with Gasteiger partial charge in [-0.05, 0) is 31.6 Å². The van der Waals surface area contributed by atoms with Gasteiger partial charge in [-0.2, -0.15) is 0 Å². The summed E-state index contributed by atoms with van der Waals surface area (Å²) in [6, 6.07) is 0. The number of hydrogen-bond donors (Lipinski definition) is 0. The minimum atomic E-state index is -0.247. The molecule has 0 fully saturated rings. The van der Waals surface area contributed by atoms with Gasteiger partial charge in [-0.25, -0.2) is 0 Å². The van der Waals surface area contributed by atoms with Crippen LogP contribution in [0.3, 0.4) is 0 Å². The van der Waals surface area contributed by atoms with Gasteiger partial charge in [0.15, 0.2) is 0 Å². The molecule has 0 unspecified atom stereocenters. The van der Waals surface area contributed by atoms with E-state index in [0.717, 1.165) is 38.5 Å².